The summed E-state index contributed by atoms with van der Waals surface area (Å²) < 4.78 is 2.94. The van der Waals surface area contributed by atoms with Crippen molar-refractivity contribution in [3.8, 4) is 0 Å². The molecule has 0 fully saturated rings. The Labute approximate surface area is 125 Å². The Morgan fingerprint density at radius 3 is 2.79 bits per heavy atom. The lowest BCUT2D eigenvalue weighted by molar-refractivity contribution is 0.0995. The monoisotopic (exact) mass is 340 g/mol. The van der Waals surface area contributed by atoms with Crippen molar-refractivity contribution in [3.63, 3.8) is 0 Å². The quantitative estimate of drug-likeness (QED) is 0.726. The summed E-state index contributed by atoms with van der Waals surface area (Å²) in [5, 5.41) is 6.44. The summed E-state index contributed by atoms with van der Waals surface area (Å²) in [7, 11) is 0. The fourth-order valence-corrected chi connectivity index (χ4v) is 3.42. The highest BCUT2D eigenvalue weighted by molar-refractivity contribution is 9.10. The van der Waals surface area contributed by atoms with E-state index in [1.807, 2.05) is 28.4 Å². The van der Waals surface area contributed by atoms with Crippen molar-refractivity contribution in [1.29, 1.82) is 0 Å². The number of carbonyl (C=O) groups is 1. The van der Waals surface area contributed by atoms with E-state index in [-0.39, 0.29) is 5.78 Å². The standard InChI is InChI=1S/C14H17BrN2OS/c1-3-12(4-2)17-6-5-11(16-17)8-13(18)14-7-10(15)9-19-14/h5-7,9,12H,3-4,8H2,1-2H3. The second-order valence-corrected chi connectivity index (χ2v) is 6.31. The molecule has 0 aliphatic rings. The molecule has 2 aromatic heterocycles. The van der Waals surface area contributed by atoms with Gasteiger partial charge in [-0.2, -0.15) is 5.10 Å². The second kappa shape index (κ2) is 6.48. The van der Waals surface area contributed by atoms with E-state index >= 15 is 0 Å². The lowest BCUT2D eigenvalue weighted by atomic mass is 10.2. The van der Waals surface area contributed by atoms with E-state index in [2.05, 4.69) is 34.9 Å². The largest absolute Gasteiger partial charge is 0.293 e. The van der Waals surface area contributed by atoms with Crippen LogP contribution in [0, 0.1) is 0 Å². The van der Waals surface area contributed by atoms with Crippen molar-refractivity contribution in [1.82, 2.24) is 9.78 Å². The van der Waals surface area contributed by atoms with Gasteiger partial charge in [0.15, 0.2) is 5.78 Å². The maximum atomic E-state index is 12.1. The molecule has 2 rings (SSSR count). The van der Waals surface area contributed by atoms with E-state index < -0.39 is 0 Å². The zero-order chi connectivity index (χ0) is 13.8. The smallest absolute Gasteiger partial charge is 0.178 e. The van der Waals surface area contributed by atoms with Gasteiger partial charge in [-0.3, -0.25) is 9.48 Å². The van der Waals surface area contributed by atoms with Crippen LogP contribution in [0.3, 0.4) is 0 Å². The summed E-state index contributed by atoms with van der Waals surface area (Å²) in [5.74, 6) is 0.130. The van der Waals surface area contributed by atoms with Crippen molar-refractivity contribution >= 4 is 33.0 Å². The molecule has 0 aliphatic carbocycles. The molecule has 0 N–H and O–H groups in total. The van der Waals surface area contributed by atoms with Crippen LogP contribution in [-0.2, 0) is 6.42 Å². The van der Waals surface area contributed by atoms with E-state index in [9.17, 15) is 4.79 Å². The number of thiophene rings is 1. The van der Waals surface area contributed by atoms with Gasteiger partial charge in [-0.1, -0.05) is 13.8 Å². The number of nitrogens with zero attached hydrogens (tertiary/aromatic N) is 2. The Bertz CT molecular complexity index is 557. The minimum Gasteiger partial charge on any atom is -0.293 e. The molecule has 0 spiro atoms. The minimum atomic E-state index is 0.130. The van der Waals surface area contributed by atoms with Crippen LogP contribution >= 0.6 is 27.3 Å². The van der Waals surface area contributed by atoms with E-state index in [4.69, 9.17) is 0 Å². The van der Waals surface area contributed by atoms with Crippen LogP contribution in [-0.4, -0.2) is 15.6 Å². The highest BCUT2D eigenvalue weighted by Gasteiger charge is 2.13. The van der Waals surface area contributed by atoms with E-state index in [1.165, 1.54) is 11.3 Å². The molecule has 0 saturated carbocycles. The van der Waals surface area contributed by atoms with Crippen LogP contribution in [0.1, 0.15) is 48.1 Å². The van der Waals surface area contributed by atoms with E-state index in [1.54, 1.807) is 0 Å². The zero-order valence-corrected chi connectivity index (χ0v) is 13.5. The first kappa shape index (κ1) is 14.5. The first-order valence-electron chi connectivity index (χ1n) is 6.45. The molecule has 2 heterocycles. The molecular formula is C14H17BrN2OS. The van der Waals surface area contributed by atoms with Gasteiger partial charge in [0.2, 0.25) is 0 Å². The number of rotatable bonds is 6. The number of ketones is 1. The van der Waals surface area contributed by atoms with Gasteiger partial charge in [0.05, 0.1) is 23.0 Å². The first-order valence-corrected chi connectivity index (χ1v) is 8.12. The normalized spacial score (nSPS) is 11.2. The molecule has 0 aromatic carbocycles. The van der Waals surface area contributed by atoms with Crippen molar-refractivity contribution in [2.24, 2.45) is 0 Å². The fourth-order valence-electron chi connectivity index (χ4n) is 2.05. The molecule has 5 heteroatoms. The van der Waals surface area contributed by atoms with E-state index in [0.29, 0.717) is 12.5 Å². The van der Waals surface area contributed by atoms with Crippen LogP contribution in [0.2, 0.25) is 0 Å². The molecule has 0 saturated heterocycles. The molecule has 102 valence electrons. The van der Waals surface area contributed by atoms with Crippen molar-refractivity contribution < 1.29 is 4.79 Å². The van der Waals surface area contributed by atoms with Gasteiger partial charge >= 0.3 is 0 Å². The molecule has 0 radical (unpaired) electrons. The number of hydrogen-bond donors (Lipinski definition) is 0. The van der Waals surface area contributed by atoms with Gasteiger partial charge in [-0.05, 0) is 40.9 Å². The van der Waals surface area contributed by atoms with Crippen LogP contribution in [0.15, 0.2) is 28.2 Å². The lowest BCUT2D eigenvalue weighted by Crippen LogP contribution is -2.09. The Morgan fingerprint density at radius 1 is 1.47 bits per heavy atom. The minimum absolute atomic E-state index is 0.130. The molecule has 0 atom stereocenters. The number of Topliss-reactive ketones (excluding diaryl/α,β-unsaturated/α-hetero) is 1. The number of halogens is 1. The Kier molecular flexibility index (Phi) is 4.93. The molecule has 0 aliphatic heterocycles. The molecule has 0 amide bonds. The summed E-state index contributed by atoms with van der Waals surface area (Å²) in [5.41, 5.74) is 0.849. The van der Waals surface area contributed by atoms with Crippen LogP contribution in [0.25, 0.3) is 0 Å². The maximum Gasteiger partial charge on any atom is 0.178 e. The summed E-state index contributed by atoms with van der Waals surface area (Å²) in [6, 6.07) is 4.24. The average Bonchev–Trinajstić information content (AvgIpc) is 3.00. The van der Waals surface area contributed by atoms with Crippen molar-refractivity contribution in [2.75, 3.05) is 0 Å². The third-order valence-corrected chi connectivity index (χ3v) is 4.90. The van der Waals surface area contributed by atoms with Gasteiger partial charge in [-0.15, -0.1) is 11.3 Å². The predicted molar refractivity (Wildman–Crippen MR) is 81.9 cm³/mol. The summed E-state index contributed by atoms with van der Waals surface area (Å²) in [6.45, 7) is 4.31. The molecule has 0 bridgehead atoms. The van der Waals surface area contributed by atoms with Crippen LogP contribution < -0.4 is 0 Å². The molecular weight excluding hydrogens is 324 g/mol. The van der Waals surface area contributed by atoms with Crippen molar-refractivity contribution in [2.45, 2.75) is 39.2 Å². The van der Waals surface area contributed by atoms with Crippen molar-refractivity contribution in [3.05, 3.63) is 38.8 Å². The van der Waals surface area contributed by atoms with Gasteiger partial charge in [0.25, 0.3) is 0 Å². The number of carbonyl (C=O) groups excluding carboxylic acids is 1. The third kappa shape index (κ3) is 3.54. The summed E-state index contributed by atoms with van der Waals surface area (Å²) in [6.07, 6.45) is 4.47. The highest BCUT2D eigenvalue weighted by atomic mass is 79.9. The summed E-state index contributed by atoms with van der Waals surface area (Å²) >= 11 is 4.83. The average molecular weight is 341 g/mol. The van der Waals surface area contributed by atoms with Gasteiger partial charge in [-0.25, -0.2) is 0 Å². The Hall–Kier alpha value is -0.940. The van der Waals surface area contributed by atoms with Crippen LogP contribution in [0.5, 0.6) is 0 Å². The molecule has 19 heavy (non-hydrogen) atoms. The fraction of sp³-hybridized carbons (Fsp3) is 0.429. The van der Waals surface area contributed by atoms with Crippen LogP contribution in [0.4, 0.5) is 0 Å². The van der Waals surface area contributed by atoms with E-state index in [0.717, 1.165) is 27.9 Å². The summed E-state index contributed by atoms with van der Waals surface area (Å²) in [4.78, 5) is 12.9. The number of hydrogen-bond acceptors (Lipinski definition) is 3. The second-order valence-electron chi connectivity index (χ2n) is 4.49. The zero-order valence-electron chi connectivity index (χ0n) is 11.1. The SMILES string of the molecule is CCC(CC)n1ccc(CC(=O)c2cc(Br)cs2)n1. The third-order valence-electron chi connectivity index (χ3n) is 3.16. The first-order chi connectivity index (χ1) is 9.13. The molecule has 3 nitrogen and oxygen atoms in total. The topological polar surface area (TPSA) is 34.9 Å². The Morgan fingerprint density at radius 2 is 2.21 bits per heavy atom. The molecule has 0 unspecified atom stereocenters. The predicted octanol–water partition coefficient (Wildman–Crippen LogP) is 4.49. The molecule has 2 aromatic rings. The lowest BCUT2D eigenvalue weighted by Gasteiger charge is -2.12. The van der Waals surface area contributed by atoms with Gasteiger partial charge in [0.1, 0.15) is 0 Å². The highest BCUT2D eigenvalue weighted by Crippen LogP contribution is 2.21. The van der Waals surface area contributed by atoms with Gasteiger partial charge in [0, 0.05) is 16.0 Å². The maximum absolute atomic E-state index is 12.1. The number of aromatic nitrogens is 2. The van der Waals surface area contributed by atoms with Gasteiger partial charge < -0.3 is 0 Å². The Balaban J connectivity index is 2.06.